The van der Waals surface area contributed by atoms with Gasteiger partial charge >= 0.3 is 0 Å². The fourth-order valence-electron chi connectivity index (χ4n) is 2.50. The molecule has 0 aromatic carbocycles. The Hall–Kier alpha value is -0.900. The Morgan fingerprint density at radius 2 is 2.31 bits per heavy atom. The lowest BCUT2D eigenvalue weighted by atomic mass is 9.82. The molecular formula is C12H21N3O. The quantitative estimate of drug-likeness (QED) is 0.852. The molecule has 90 valence electrons. The lowest BCUT2D eigenvalue weighted by Crippen LogP contribution is -2.16. The highest BCUT2D eigenvalue weighted by Crippen LogP contribution is 2.48. The molecule has 0 aliphatic heterocycles. The third kappa shape index (κ3) is 2.26. The topological polar surface area (TPSA) is 51.0 Å². The molecular weight excluding hydrogens is 202 g/mol. The molecule has 1 aliphatic rings. The molecule has 0 saturated heterocycles. The zero-order valence-electron chi connectivity index (χ0n) is 10.4. The average Bonchev–Trinajstić information content (AvgIpc) is 2.81. The molecule has 1 N–H and O–H groups in total. The number of nitrogens with zero attached hydrogens (tertiary/aromatic N) is 2. The summed E-state index contributed by atoms with van der Waals surface area (Å²) in [7, 11) is 0. The fourth-order valence-corrected chi connectivity index (χ4v) is 2.50. The fraction of sp³-hybridized carbons (Fsp3) is 0.833. The summed E-state index contributed by atoms with van der Waals surface area (Å²) in [5.41, 5.74) is 0.308. The van der Waals surface area contributed by atoms with Gasteiger partial charge in [-0.1, -0.05) is 32.3 Å². The minimum atomic E-state index is 0.308. The van der Waals surface area contributed by atoms with E-state index in [0.717, 1.165) is 18.3 Å². The molecule has 0 bridgehead atoms. The number of hydrogen-bond donors (Lipinski definition) is 1. The van der Waals surface area contributed by atoms with E-state index < -0.39 is 0 Å². The Bertz CT molecular complexity index is 346. The van der Waals surface area contributed by atoms with Gasteiger partial charge in [-0.05, 0) is 24.8 Å². The molecule has 1 aromatic rings. The predicted molar refractivity (Wildman–Crippen MR) is 62.1 cm³/mol. The molecule has 1 heterocycles. The van der Waals surface area contributed by atoms with Crippen LogP contribution in [0.2, 0.25) is 0 Å². The summed E-state index contributed by atoms with van der Waals surface area (Å²) < 4.78 is 5.38. The molecule has 0 spiro atoms. The van der Waals surface area contributed by atoms with Crippen LogP contribution in [0.1, 0.15) is 57.7 Å². The lowest BCUT2D eigenvalue weighted by Gasteiger charge is -2.23. The van der Waals surface area contributed by atoms with Crippen molar-refractivity contribution in [1.29, 1.82) is 0 Å². The van der Waals surface area contributed by atoms with Gasteiger partial charge in [0.05, 0.1) is 6.54 Å². The van der Waals surface area contributed by atoms with Crippen LogP contribution in [0.3, 0.4) is 0 Å². The van der Waals surface area contributed by atoms with Crippen molar-refractivity contribution < 1.29 is 4.52 Å². The minimum Gasteiger partial charge on any atom is -0.339 e. The first-order valence-electron chi connectivity index (χ1n) is 6.16. The van der Waals surface area contributed by atoms with Crippen LogP contribution in [0.25, 0.3) is 0 Å². The van der Waals surface area contributed by atoms with Crippen LogP contribution >= 0.6 is 0 Å². The Kier molecular flexibility index (Phi) is 3.28. The van der Waals surface area contributed by atoms with Crippen LogP contribution in [0.15, 0.2) is 4.52 Å². The van der Waals surface area contributed by atoms with Gasteiger partial charge in [-0.25, -0.2) is 0 Å². The first kappa shape index (κ1) is 11.6. The van der Waals surface area contributed by atoms with Crippen molar-refractivity contribution >= 4 is 0 Å². The first-order chi connectivity index (χ1) is 7.63. The zero-order valence-corrected chi connectivity index (χ0v) is 10.4. The van der Waals surface area contributed by atoms with E-state index in [2.05, 4.69) is 36.2 Å². The highest BCUT2D eigenvalue weighted by molar-refractivity contribution is 5.03. The second-order valence-electron chi connectivity index (χ2n) is 5.26. The molecule has 16 heavy (non-hydrogen) atoms. The third-order valence-electron chi connectivity index (χ3n) is 3.57. The van der Waals surface area contributed by atoms with Crippen LogP contribution in [0, 0.1) is 5.41 Å². The van der Waals surface area contributed by atoms with E-state index in [1.165, 1.54) is 19.3 Å². The summed E-state index contributed by atoms with van der Waals surface area (Å²) in [6.45, 7) is 8.28. The Morgan fingerprint density at radius 1 is 1.50 bits per heavy atom. The Labute approximate surface area is 96.8 Å². The van der Waals surface area contributed by atoms with Crippen LogP contribution < -0.4 is 5.32 Å². The number of aromatic nitrogens is 2. The smallest absolute Gasteiger partial charge is 0.230 e. The van der Waals surface area contributed by atoms with Gasteiger partial charge in [-0.3, -0.25) is 0 Å². The molecule has 1 fully saturated rings. The summed E-state index contributed by atoms with van der Waals surface area (Å²) in [6, 6.07) is 0. The third-order valence-corrected chi connectivity index (χ3v) is 3.57. The van der Waals surface area contributed by atoms with Gasteiger partial charge in [0.2, 0.25) is 5.89 Å². The van der Waals surface area contributed by atoms with E-state index in [4.69, 9.17) is 4.52 Å². The molecule has 1 atom stereocenters. The van der Waals surface area contributed by atoms with E-state index in [1.807, 2.05) is 0 Å². The van der Waals surface area contributed by atoms with Crippen LogP contribution in [-0.2, 0) is 6.54 Å². The van der Waals surface area contributed by atoms with E-state index >= 15 is 0 Å². The summed E-state index contributed by atoms with van der Waals surface area (Å²) in [5.74, 6) is 2.05. The van der Waals surface area contributed by atoms with Crippen molar-refractivity contribution in [1.82, 2.24) is 15.5 Å². The molecule has 4 heteroatoms. The second kappa shape index (κ2) is 4.53. The van der Waals surface area contributed by atoms with Crippen LogP contribution in [0.5, 0.6) is 0 Å². The Morgan fingerprint density at radius 3 is 2.94 bits per heavy atom. The summed E-state index contributed by atoms with van der Waals surface area (Å²) in [4.78, 5) is 4.49. The van der Waals surface area contributed by atoms with E-state index in [1.54, 1.807) is 0 Å². The van der Waals surface area contributed by atoms with Crippen molar-refractivity contribution in [2.24, 2.45) is 5.41 Å². The van der Waals surface area contributed by atoms with Gasteiger partial charge < -0.3 is 9.84 Å². The molecule has 4 nitrogen and oxygen atoms in total. The summed E-state index contributed by atoms with van der Waals surface area (Å²) in [6.07, 6.45) is 3.70. The molecule has 1 aliphatic carbocycles. The number of hydrogen-bond acceptors (Lipinski definition) is 4. The van der Waals surface area contributed by atoms with Gasteiger partial charge in [0.15, 0.2) is 5.82 Å². The van der Waals surface area contributed by atoms with E-state index in [-0.39, 0.29) is 0 Å². The maximum Gasteiger partial charge on any atom is 0.230 e. The van der Waals surface area contributed by atoms with Gasteiger partial charge in [0.1, 0.15) is 0 Å². The average molecular weight is 223 g/mol. The van der Waals surface area contributed by atoms with Gasteiger partial charge in [-0.15, -0.1) is 0 Å². The normalized spacial score (nSPS) is 23.8. The molecule has 0 amide bonds. The first-order valence-corrected chi connectivity index (χ1v) is 6.16. The van der Waals surface area contributed by atoms with Crippen molar-refractivity contribution in [3.05, 3.63) is 11.7 Å². The molecule has 1 saturated carbocycles. The largest absolute Gasteiger partial charge is 0.339 e. The standard InChI is InChI=1S/C12H21N3O/c1-4-13-8-10-14-11(16-15-10)9-6-5-7-12(9,2)3/h9,13H,4-8H2,1-3H3. The summed E-state index contributed by atoms with van der Waals surface area (Å²) in [5, 5.41) is 7.22. The minimum absolute atomic E-state index is 0.308. The van der Waals surface area contributed by atoms with Crippen LogP contribution in [-0.4, -0.2) is 16.7 Å². The predicted octanol–water partition coefficient (Wildman–Crippen LogP) is 2.47. The maximum absolute atomic E-state index is 5.38. The SMILES string of the molecule is CCNCc1noc(C2CCCC2(C)C)n1. The number of rotatable bonds is 4. The molecule has 1 unspecified atom stereocenters. The molecule has 0 radical (unpaired) electrons. The monoisotopic (exact) mass is 223 g/mol. The second-order valence-corrected chi connectivity index (χ2v) is 5.26. The maximum atomic E-state index is 5.38. The van der Waals surface area contributed by atoms with Gasteiger partial charge in [-0.2, -0.15) is 4.98 Å². The molecule has 1 aromatic heterocycles. The lowest BCUT2D eigenvalue weighted by molar-refractivity contribution is 0.260. The zero-order chi connectivity index (χ0) is 11.6. The van der Waals surface area contributed by atoms with Crippen molar-refractivity contribution in [3.8, 4) is 0 Å². The van der Waals surface area contributed by atoms with Crippen molar-refractivity contribution in [2.75, 3.05) is 6.54 Å². The van der Waals surface area contributed by atoms with E-state index in [0.29, 0.717) is 17.9 Å². The van der Waals surface area contributed by atoms with Crippen molar-refractivity contribution in [3.63, 3.8) is 0 Å². The number of nitrogens with one attached hydrogen (secondary N) is 1. The van der Waals surface area contributed by atoms with Crippen molar-refractivity contribution in [2.45, 2.75) is 52.5 Å². The molecule has 2 rings (SSSR count). The Balaban J connectivity index is 2.06. The van der Waals surface area contributed by atoms with Crippen LogP contribution in [0.4, 0.5) is 0 Å². The summed E-state index contributed by atoms with van der Waals surface area (Å²) >= 11 is 0. The van der Waals surface area contributed by atoms with Gasteiger partial charge in [0.25, 0.3) is 0 Å². The highest BCUT2D eigenvalue weighted by Gasteiger charge is 2.39. The highest BCUT2D eigenvalue weighted by atomic mass is 16.5. The van der Waals surface area contributed by atoms with E-state index in [9.17, 15) is 0 Å². The van der Waals surface area contributed by atoms with Gasteiger partial charge in [0, 0.05) is 5.92 Å².